The molecule has 0 aliphatic heterocycles. The van der Waals surface area contributed by atoms with Crippen molar-refractivity contribution in [1.82, 2.24) is 5.16 Å². The van der Waals surface area contributed by atoms with E-state index in [1.165, 1.54) is 0 Å². The van der Waals surface area contributed by atoms with E-state index in [0.29, 0.717) is 25.5 Å². The molecule has 5 nitrogen and oxygen atoms in total. The molecule has 5 heteroatoms. The molecule has 0 atom stereocenters. The summed E-state index contributed by atoms with van der Waals surface area (Å²) >= 11 is 0. The first-order valence-corrected chi connectivity index (χ1v) is 5.82. The van der Waals surface area contributed by atoms with Gasteiger partial charge in [0.15, 0.2) is 5.76 Å². The molecule has 0 saturated heterocycles. The smallest absolute Gasteiger partial charge is 0.174 e. The van der Waals surface area contributed by atoms with E-state index in [1.807, 2.05) is 31.2 Å². The molecule has 0 fully saturated rings. The highest BCUT2D eigenvalue weighted by molar-refractivity contribution is 5.32. The van der Waals surface area contributed by atoms with Gasteiger partial charge in [-0.3, -0.25) is 0 Å². The van der Waals surface area contributed by atoms with Gasteiger partial charge in [-0.25, -0.2) is 0 Å². The van der Waals surface area contributed by atoms with E-state index in [-0.39, 0.29) is 0 Å². The van der Waals surface area contributed by atoms with Gasteiger partial charge in [-0.2, -0.15) is 0 Å². The fourth-order valence-corrected chi connectivity index (χ4v) is 1.49. The van der Waals surface area contributed by atoms with Crippen molar-refractivity contribution < 1.29 is 14.0 Å². The second-order valence-corrected chi connectivity index (χ2v) is 3.69. The number of aromatic nitrogens is 1. The van der Waals surface area contributed by atoms with Gasteiger partial charge in [0.05, 0.1) is 12.3 Å². The van der Waals surface area contributed by atoms with Gasteiger partial charge in [-0.15, -0.1) is 0 Å². The van der Waals surface area contributed by atoms with Crippen LogP contribution >= 0.6 is 0 Å². The molecule has 0 amide bonds. The van der Waals surface area contributed by atoms with Crippen LogP contribution in [-0.2, 0) is 13.2 Å². The summed E-state index contributed by atoms with van der Waals surface area (Å²) in [5.41, 5.74) is 6.16. The van der Waals surface area contributed by atoms with E-state index in [0.717, 1.165) is 17.2 Å². The topological polar surface area (TPSA) is 70.5 Å². The normalized spacial score (nSPS) is 10.3. The van der Waals surface area contributed by atoms with E-state index < -0.39 is 0 Å². The summed E-state index contributed by atoms with van der Waals surface area (Å²) in [5.74, 6) is 2.17. The van der Waals surface area contributed by atoms with Crippen molar-refractivity contribution in [1.29, 1.82) is 0 Å². The quantitative estimate of drug-likeness (QED) is 0.847. The monoisotopic (exact) mass is 248 g/mol. The number of rotatable bonds is 6. The SMILES string of the molecule is CCOc1cccc(OCc2cc(CN)no2)c1. The Morgan fingerprint density at radius 2 is 2.00 bits per heavy atom. The van der Waals surface area contributed by atoms with Gasteiger partial charge in [0.1, 0.15) is 18.1 Å². The number of ether oxygens (including phenoxy) is 2. The van der Waals surface area contributed by atoms with E-state index in [1.54, 1.807) is 6.07 Å². The summed E-state index contributed by atoms with van der Waals surface area (Å²) in [6.45, 7) is 3.26. The first kappa shape index (κ1) is 12.4. The molecule has 2 N–H and O–H groups in total. The Hall–Kier alpha value is -2.01. The molecule has 18 heavy (non-hydrogen) atoms. The minimum absolute atomic E-state index is 0.322. The fourth-order valence-electron chi connectivity index (χ4n) is 1.49. The van der Waals surface area contributed by atoms with Crippen LogP contribution in [0.5, 0.6) is 11.5 Å². The summed E-state index contributed by atoms with van der Waals surface area (Å²) in [6.07, 6.45) is 0. The van der Waals surface area contributed by atoms with Gasteiger partial charge in [-0.05, 0) is 19.1 Å². The molecule has 0 aliphatic rings. The van der Waals surface area contributed by atoms with Crippen LogP contribution in [0.4, 0.5) is 0 Å². The van der Waals surface area contributed by atoms with Crippen molar-refractivity contribution in [3.8, 4) is 11.5 Å². The van der Waals surface area contributed by atoms with Crippen molar-refractivity contribution in [2.24, 2.45) is 5.73 Å². The van der Waals surface area contributed by atoms with Crippen LogP contribution < -0.4 is 15.2 Å². The third kappa shape index (κ3) is 3.24. The van der Waals surface area contributed by atoms with E-state index in [9.17, 15) is 0 Å². The van der Waals surface area contributed by atoms with Crippen LogP contribution in [0.25, 0.3) is 0 Å². The van der Waals surface area contributed by atoms with Crippen molar-refractivity contribution in [2.45, 2.75) is 20.1 Å². The molecule has 1 aromatic heterocycles. The molecule has 1 aromatic carbocycles. The number of benzene rings is 1. The fraction of sp³-hybridized carbons (Fsp3) is 0.308. The molecule has 0 unspecified atom stereocenters. The third-order valence-corrected chi connectivity index (χ3v) is 2.31. The van der Waals surface area contributed by atoms with Crippen LogP contribution in [0.2, 0.25) is 0 Å². The predicted molar refractivity (Wildman–Crippen MR) is 66.3 cm³/mol. The lowest BCUT2D eigenvalue weighted by atomic mass is 10.3. The van der Waals surface area contributed by atoms with Crippen molar-refractivity contribution in [2.75, 3.05) is 6.61 Å². The van der Waals surface area contributed by atoms with Gasteiger partial charge < -0.3 is 19.7 Å². The highest BCUT2D eigenvalue weighted by Crippen LogP contribution is 2.20. The zero-order valence-corrected chi connectivity index (χ0v) is 10.3. The third-order valence-electron chi connectivity index (χ3n) is 2.31. The van der Waals surface area contributed by atoms with Crippen molar-refractivity contribution >= 4 is 0 Å². The predicted octanol–water partition coefficient (Wildman–Crippen LogP) is 2.11. The van der Waals surface area contributed by atoms with Crippen LogP contribution in [-0.4, -0.2) is 11.8 Å². The Balaban J connectivity index is 1.94. The molecular weight excluding hydrogens is 232 g/mol. The first-order chi connectivity index (χ1) is 8.81. The Labute approximate surface area is 105 Å². The zero-order valence-electron chi connectivity index (χ0n) is 10.3. The minimum Gasteiger partial charge on any atom is -0.494 e. The average Bonchev–Trinajstić information content (AvgIpc) is 2.85. The molecule has 0 bridgehead atoms. The Bertz CT molecular complexity index is 496. The maximum Gasteiger partial charge on any atom is 0.174 e. The summed E-state index contributed by atoms with van der Waals surface area (Å²) in [5, 5.41) is 3.79. The minimum atomic E-state index is 0.322. The molecule has 0 saturated carbocycles. The van der Waals surface area contributed by atoms with Gasteiger partial charge >= 0.3 is 0 Å². The second kappa shape index (κ2) is 6.07. The highest BCUT2D eigenvalue weighted by Gasteiger charge is 2.04. The van der Waals surface area contributed by atoms with Gasteiger partial charge in [-0.1, -0.05) is 11.2 Å². The lowest BCUT2D eigenvalue weighted by molar-refractivity contribution is 0.247. The standard InChI is InChI=1S/C13H16N2O3/c1-2-16-11-4-3-5-12(7-11)17-9-13-6-10(8-14)15-18-13/h3-7H,2,8-9,14H2,1H3. The maximum absolute atomic E-state index is 5.58. The molecule has 0 aliphatic carbocycles. The molecule has 0 radical (unpaired) electrons. The Morgan fingerprint density at radius 3 is 2.67 bits per heavy atom. The molecule has 1 heterocycles. The maximum atomic E-state index is 5.58. The van der Waals surface area contributed by atoms with E-state index >= 15 is 0 Å². The number of hydrogen-bond acceptors (Lipinski definition) is 5. The summed E-state index contributed by atoms with van der Waals surface area (Å²) in [6, 6.07) is 9.25. The lowest BCUT2D eigenvalue weighted by Gasteiger charge is -2.06. The summed E-state index contributed by atoms with van der Waals surface area (Å²) in [4.78, 5) is 0. The number of hydrogen-bond donors (Lipinski definition) is 1. The average molecular weight is 248 g/mol. The molecular formula is C13H16N2O3. The van der Waals surface area contributed by atoms with Crippen LogP contribution in [0.15, 0.2) is 34.9 Å². The van der Waals surface area contributed by atoms with Gasteiger partial charge in [0, 0.05) is 18.7 Å². The van der Waals surface area contributed by atoms with Gasteiger partial charge in [0.25, 0.3) is 0 Å². The Morgan fingerprint density at radius 1 is 1.22 bits per heavy atom. The van der Waals surface area contributed by atoms with Gasteiger partial charge in [0.2, 0.25) is 0 Å². The second-order valence-electron chi connectivity index (χ2n) is 3.69. The number of nitrogens with two attached hydrogens (primary N) is 1. The van der Waals surface area contributed by atoms with Crippen LogP contribution in [0.3, 0.4) is 0 Å². The van der Waals surface area contributed by atoms with E-state index in [2.05, 4.69) is 5.16 Å². The molecule has 2 rings (SSSR count). The first-order valence-electron chi connectivity index (χ1n) is 5.82. The van der Waals surface area contributed by atoms with E-state index in [4.69, 9.17) is 19.7 Å². The summed E-state index contributed by atoms with van der Waals surface area (Å²) in [7, 11) is 0. The molecule has 0 spiro atoms. The Kier molecular flexibility index (Phi) is 4.20. The molecule has 96 valence electrons. The zero-order chi connectivity index (χ0) is 12.8. The largest absolute Gasteiger partial charge is 0.494 e. The summed E-state index contributed by atoms with van der Waals surface area (Å²) < 4.78 is 16.0. The van der Waals surface area contributed by atoms with Crippen molar-refractivity contribution in [3.63, 3.8) is 0 Å². The highest BCUT2D eigenvalue weighted by atomic mass is 16.5. The van der Waals surface area contributed by atoms with Crippen LogP contribution in [0, 0.1) is 0 Å². The lowest BCUT2D eigenvalue weighted by Crippen LogP contribution is -1.96. The van der Waals surface area contributed by atoms with Crippen molar-refractivity contribution in [3.05, 3.63) is 41.8 Å². The number of nitrogens with zero attached hydrogens (tertiary/aromatic N) is 1. The molecule has 2 aromatic rings. The van der Waals surface area contributed by atoms with Crippen LogP contribution in [0.1, 0.15) is 18.4 Å².